The first kappa shape index (κ1) is 20.3. The Morgan fingerprint density at radius 3 is 2.62 bits per heavy atom. The predicted molar refractivity (Wildman–Crippen MR) is 100 cm³/mol. The van der Waals surface area contributed by atoms with Gasteiger partial charge in [0.25, 0.3) is 5.91 Å². The van der Waals surface area contributed by atoms with Gasteiger partial charge >= 0.3 is 6.18 Å². The van der Waals surface area contributed by atoms with E-state index in [1.165, 1.54) is 0 Å². The summed E-state index contributed by atoms with van der Waals surface area (Å²) in [5.41, 5.74) is 11.2. The highest BCUT2D eigenvalue weighted by molar-refractivity contribution is 5.99. The number of benzene rings is 1. The molecule has 7 nitrogen and oxygen atoms in total. The van der Waals surface area contributed by atoms with E-state index in [0.717, 1.165) is 17.0 Å². The summed E-state index contributed by atoms with van der Waals surface area (Å²) >= 11 is 0. The summed E-state index contributed by atoms with van der Waals surface area (Å²) in [4.78, 5) is 19.7. The highest BCUT2D eigenvalue weighted by Crippen LogP contribution is 2.26. The zero-order valence-corrected chi connectivity index (χ0v) is 14.8. The summed E-state index contributed by atoms with van der Waals surface area (Å²) in [6.45, 7) is -0.801. The molecular weight excluding hydrogens is 392 g/mol. The average molecular weight is 408 g/mol. The SMILES string of the molecule is NC(=O)c1cc(F)c(NCC(N)C(F)(F)F)nc1Nc1ccc2ncccc2c1. The third-order valence-electron chi connectivity index (χ3n) is 4.02. The van der Waals surface area contributed by atoms with Crippen molar-refractivity contribution in [3.63, 3.8) is 0 Å². The Bertz CT molecular complexity index is 1060. The number of nitrogens with one attached hydrogen (secondary N) is 2. The van der Waals surface area contributed by atoms with Crippen molar-refractivity contribution < 1.29 is 22.4 Å². The van der Waals surface area contributed by atoms with Crippen molar-refractivity contribution in [3.8, 4) is 0 Å². The van der Waals surface area contributed by atoms with E-state index in [1.807, 2.05) is 6.07 Å². The van der Waals surface area contributed by atoms with Crippen LogP contribution in [-0.4, -0.2) is 34.6 Å². The van der Waals surface area contributed by atoms with Crippen molar-refractivity contribution in [3.05, 3.63) is 54.0 Å². The number of aromatic nitrogens is 2. The highest BCUT2D eigenvalue weighted by atomic mass is 19.4. The summed E-state index contributed by atoms with van der Waals surface area (Å²) in [5.74, 6) is -2.62. The lowest BCUT2D eigenvalue weighted by Gasteiger charge is -2.18. The summed E-state index contributed by atoms with van der Waals surface area (Å²) in [5, 5.41) is 5.83. The Balaban J connectivity index is 1.91. The Morgan fingerprint density at radius 1 is 1.17 bits per heavy atom. The average Bonchev–Trinajstić information content (AvgIpc) is 2.66. The molecule has 0 fully saturated rings. The number of nitrogens with zero attached hydrogens (tertiary/aromatic N) is 2. The predicted octanol–water partition coefficient (Wildman–Crippen LogP) is 2.91. The standard InChI is InChI=1S/C18H16F4N6O/c19-12-7-11(15(24)29)16(28-17(12)26-8-14(23)18(20,21)22)27-10-3-4-13-9(6-10)2-1-5-25-13/h1-7,14H,8,23H2,(H2,24,29)(H2,26,27,28). The summed E-state index contributed by atoms with van der Waals surface area (Å²) in [6.07, 6.45) is -3.03. The molecule has 0 aliphatic carbocycles. The van der Waals surface area contributed by atoms with Crippen LogP contribution in [0.1, 0.15) is 10.4 Å². The van der Waals surface area contributed by atoms with Gasteiger partial charge in [-0.05, 0) is 30.3 Å². The number of pyridine rings is 2. The van der Waals surface area contributed by atoms with E-state index in [4.69, 9.17) is 11.5 Å². The monoisotopic (exact) mass is 408 g/mol. The van der Waals surface area contributed by atoms with Crippen LogP contribution in [0.25, 0.3) is 10.9 Å². The molecule has 0 bridgehead atoms. The van der Waals surface area contributed by atoms with Gasteiger partial charge in [-0.3, -0.25) is 9.78 Å². The molecule has 0 radical (unpaired) electrons. The second-order valence-electron chi connectivity index (χ2n) is 6.14. The van der Waals surface area contributed by atoms with Crippen molar-refractivity contribution in [2.75, 3.05) is 17.2 Å². The number of fused-ring (bicyclic) bond motifs is 1. The van der Waals surface area contributed by atoms with Crippen molar-refractivity contribution in [1.29, 1.82) is 0 Å². The van der Waals surface area contributed by atoms with E-state index in [2.05, 4.69) is 20.6 Å². The van der Waals surface area contributed by atoms with E-state index >= 15 is 0 Å². The van der Waals surface area contributed by atoms with Crippen LogP contribution < -0.4 is 22.1 Å². The Labute approximate surface area is 162 Å². The van der Waals surface area contributed by atoms with Crippen LogP contribution in [0.4, 0.5) is 34.9 Å². The number of alkyl halides is 3. The molecule has 3 rings (SSSR count). The quantitative estimate of drug-likeness (QED) is 0.466. The number of primary amides is 1. The molecule has 1 aromatic carbocycles. The Morgan fingerprint density at radius 2 is 1.93 bits per heavy atom. The van der Waals surface area contributed by atoms with E-state index in [1.54, 1.807) is 30.5 Å². The van der Waals surface area contributed by atoms with E-state index in [-0.39, 0.29) is 11.4 Å². The van der Waals surface area contributed by atoms with E-state index < -0.39 is 36.3 Å². The number of carbonyl (C=O) groups is 1. The fourth-order valence-corrected chi connectivity index (χ4v) is 2.51. The molecule has 0 spiro atoms. The van der Waals surface area contributed by atoms with Crippen LogP contribution >= 0.6 is 0 Å². The first-order valence-corrected chi connectivity index (χ1v) is 8.33. The van der Waals surface area contributed by atoms with Crippen molar-refractivity contribution >= 4 is 34.1 Å². The molecule has 29 heavy (non-hydrogen) atoms. The van der Waals surface area contributed by atoms with Gasteiger partial charge in [-0.2, -0.15) is 13.2 Å². The molecule has 0 aliphatic heterocycles. The van der Waals surface area contributed by atoms with Gasteiger partial charge in [0.05, 0.1) is 11.1 Å². The number of rotatable bonds is 6. The second kappa shape index (κ2) is 7.87. The molecule has 6 N–H and O–H groups in total. The lowest BCUT2D eigenvalue weighted by atomic mass is 10.2. The molecule has 1 unspecified atom stereocenters. The van der Waals surface area contributed by atoms with Crippen molar-refractivity contribution in [2.24, 2.45) is 11.5 Å². The molecular formula is C18H16F4N6O. The molecule has 1 atom stereocenters. The van der Waals surface area contributed by atoms with E-state index in [9.17, 15) is 22.4 Å². The van der Waals surface area contributed by atoms with Gasteiger partial charge in [-0.1, -0.05) is 6.07 Å². The number of halogens is 4. The van der Waals surface area contributed by atoms with Gasteiger partial charge in [0.1, 0.15) is 11.9 Å². The van der Waals surface area contributed by atoms with Gasteiger partial charge in [0.2, 0.25) is 0 Å². The van der Waals surface area contributed by atoms with Crippen LogP contribution in [0.15, 0.2) is 42.6 Å². The van der Waals surface area contributed by atoms with Crippen LogP contribution in [0, 0.1) is 5.82 Å². The molecule has 11 heteroatoms. The lowest BCUT2D eigenvalue weighted by Crippen LogP contribution is -2.43. The maximum absolute atomic E-state index is 14.2. The number of hydrogen-bond acceptors (Lipinski definition) is 6. The molecule has 3 aromatic rings. The molecule has 152 valence electrons. The number of anilines is 3. The molecule has 0 saturated carbocycles. The maximum atomic E-state index is 14.2. The summed E-state index contributed by atoms with van der Waals surface area (Å²) in [6, 6.07) is 7.20. The zero-order valence-electron chi connectivity index (χ0n) is 14.8. The number of amides is 1. The fourth-order valence-electron chi connectivity index (χ4n) is 2.51. The second-order valence-corrected chi connectivity index (χ2v) is 6.14. The number of carbonyl (C=O) groups excluding carboxylic acids is 1. The molecule has 2 heterocycles. The zero-order chi connectivity index (χ0) is 21.2. The van der Waals surface area contributed by atoms with Crippen LogP contribution in [0.3, 0.4) is 0 Å². The van der Waals surface area contributed by atoms with Gasteiger partial charge in [-0.15, -0.1) is 0 Å². The molecule has 2 aromatic heterocycles. The van der Waals surface area contributed by atoms with Gasteiger partial charge in [0.15, 0.2) is 11.6 Å². The van der Waals surface area contributed by atoms with Crippen LogP contribution in [0.2, 0.25) is 0 Å². The number of hydrogen-bond donors (Lipinski definition) is 4. The van der Waals surface area contributed by atoms with Gasteiger partial charge in [-0.25, -0.2) is 9.37 Å². The molecule has 0 aliphatic rings. The number of nitrogens with two attached hydrogens (primary N) is 2. The third kappa shape index (κ3) is 4.69. The fraction of sp³-hybridized carbons (Fsp3) is 0.167. The third-order valence-corrected chi connectivity index (χ3v) is 4.02. The Hall–Kier alpha value is -3.47. The van der Waals surface area contributed by atoms with Crippen molar-refractivity contribution in [2.45, 2.75) is 12.2 Å². The van der Waals surface area contributed by atoms with Crippen LogP contribution in [-0.2, 0) is 0 Å². The first-order chi connectivity index (χ1) is 13.6. The molecule has 0 saturated heterocycles. The smallest absolute Gasteiger partial charge is 0.366 e. The largest absolute Gasteiger partial charge is 0.405 e. The maximum Gasteiger partial charge on any atom is 0.405 e. The minimum atomic E-state index is -4.66. The first-order valence-electron chi connectivity index (χ1n) is 8.33. The van der Waals surface area contributed by atoms with Gasteiger partial charge < -0.3 is 22.1 Å². The topological polar surface area (TPSA) is 119 Å². The Kier molecular flexibility index (Phi) is 5.50. The summed E-state index contributed by atoms with van der Waals surface area (Å²) < 4.78 is 51.9. The highest BCUT2D eigenvalue weighted by Gasteiger charge is 2.36. The van der Waals surface area contributed by atoms with Crippen molar-refractivity contribution in [1.82, 2.24) is 9.97 Å². The minimum absolute atomic E-state index is 0.120. The minimum Gasteiger partial charge on any atom is -0.366 e. The van der Waals surface area contributed by atoms with Crippen LogP contribution in [0.5, 0.6) is 0 Å². The summed E-state index contributed by atoms with van der Waals surface area (Å²) in [7, 11) is 0. The normalized spacial score (nSPS) is 12.6. The van der Waals surface area contributed by atoms with Gasteiger partial charge in [0, 0.05) is 23.8 Å². The lowest BCUT2D eigenvalue weighted by molar-refractivity contribution is -0.144. The van der Waals surface area contributed by atoms with E-state index in [0.29, 0.717) is 5.69 Å². The molecule has 1 amide bonds.